The second-order valence-electron chi connectivity index (χ2n) is 6.69. The van der Waals surface area contributed by atoms with E-state index in [9.17, 15) is 9.59 Å². The third kappa shape index (κ3) is 5.93. The van der Waals surface area contributed by atoms with Crippen molar-refractivity contribution < 1.29 is 9.59 Å². The minimum absolute atomic E-state index is 0. The van der Waals surface area contributed by atoms with E-state index in [-0.39, 0.29) is 49.1 Å². The number of anilines is 1. The first kappa shape index (κ1) is 24.4. The second-order valence-corrected chi connectivity index (χ2v) is 6.69. The lowest BCUT2D eigenvalue weighted by molar-refractivity contribution is -0.125. The van der Waals surface area contributed by atoms with Crippen LogP contribution in [0.2, 0.25) is 0 Å². The van der Waals surface area contributed by atoms with Crippen LogP contribution in [0.1, 0.15) is 13.8 Å². The van der Waals surface area contributed by atoms with Crippen molar-refractivity contribution in [1.82, 2.24) is 14.9 Å². The fourth-order valence-electron chi connectivity index (χ4n) is 2.66. The number of halogens is 2. The van der Waals surface area contributed by atoms with Crippen molar-refractivity contribution in [3.05, 3.63) is 54.9 Å². The van der Waals surface area contributed by atoms with E-state index >= 15 is 0 Å². The summed E-state index contributed by atoms with van der Waals surface area (Å²) in [5, 5.41) is 5.31. The molecule has 2 amide bonds. The van der Waals surface area contributed by atoms with E-state index in [0.29, 0.717) is 5.69 Å². The third-order valence-corrected chi connectivity index (χ3v) is 4.33. The number of carbonyl (C=O) groups is 2. The Kier molecular flexibility index (Phi) is 9.10. The molecule has 0 radical (unpaired) electrons. The fraction of sp³-hybridized carbons (Fsp3) is 0.250. The van der Waals surface area contributed by atoms with E-state index in [4.69, 9.17) is 5.73 Å². The molecule has 7 nitrogen and oxygen atoms in total. The van der Waals surface area contributed by atoms with E-state index in [1.165, 1.54) is 0 Å². The van der Waals surface area contributed by atoms with E-state index in [2.05, 4.69) is 15.6 Å². The molecule has 1 heterocycles. The monoisotopic (exact) mass is 437 g/mol. The van der Waals surface area contributed by atoms with Crippen LogP contribution >= 0.6 is 24.8 Å². The molecule has 0 unspecified atom stereocenters. The third-order valence-electron chi connectivity index (χ3n) is 4.33. The molecule has 0 fully saturated rings. The molecule has 0 bridgehead atoms. The lowest BCUT2D eigenvalue weighted by Gasteiger charge is -2.15. The predicted octanol–water partition coefficient (Wildman–Crippen LogP) is 2.91. The Hall–Kier alpha value is -2.61. The van der Waals surface area contributed by atoms with Gasteiger partial charge in [-0.3, -0.25) is 14.2 Å². The van der Waals surface area contributed by atoms with Crippen molar-refractivity contribution in [1.29, 1.82) is 0 Å². The summed E-state index contributed by atoms with van der Waals surface area (Å²) in [5.41, 5.74) is 9.28. The largest absolute Gasteiger partial charge is 0.346 e. The van der Waals surface area contributed by atoms with Gasteiger partial charge in [0, 0.05) is 11.4 Å². The number of nitrogens with one attached hydrogen (secondary N) is 2. The Bertz CT molecular complexity index is 957. The Morgan fingerprint density at radius 1 is 1.07 bits per heavy atom. The SMILES string of the molecule is CC(C)[C@H](N)C(=O)NCC(=O)Nc1ccc(-n2cnc3ccccc32)cc1.Cl.Cl. The Labute approximate surface area is 181 Å². The Balaban J connectivity index is 0.00000210. The molecule has 1 aromatic heterocycles. The van der Waals surface area contributed by atoms with Gasteiger partial charge < -0.3 is 16.4 Å². The van der Waals surface area contributed by atoms with Crippen LogP contribution < -0.4 is 16.4 Å². The van der Waals surface area contributed by atoms with Crippen molar-refractivity contribution in [3.8, 4) is 5.69 Å². The lowest BCUT2D eigenvalue weighted by atomic mass is 10.1. The Morgan fingerprint density at radius 3 is 2.38 bits per heavy atom. The summed E-state index contributed by atoms with van der Waals surface area (Å²) in [4.78, 5) is 28.2. The van der Waals surface area contributed by atoms with E-state index in [1.54, 1.807) is 6.33 Å². The zero-order valence-electron chi connectivity index (χ0n) is 16.2. The number of rotatable bonds is 6. The number of carbonyl (C=O) groups excluding carboxylic acids is 2. The molecule has 3 aromatic rings. The average Bonchev–Trinajstić information content (AvgIpc) is 3.10. The van der Waals surface area contributed by atoms with Crippen LogP contribution in [0.4, 0.5) is 5.69 Å². The lowest BCUT2D eigenvalue weighted by Crippen LogP contribution is -2.46. The van der Waals surface area contributed by atoms with Crippen LogP contribution in [-0.2, 0) is 9.59 Å². The standard InChI is InChI=1S/C20H23N5O2.2ClH/c1-13(2)19(21)20(27)22-11-18(26)24-14-7-9-15(10-8-14)25-12-23-16-5-3-4-6-17(16)25;;/h3-10,12-13,19H,11,21H2,1-2H3,(H,22,27)(H,24,26);2*1H/t19-;;/m0../s1. The molecule has 156 valence electrons. The van der Waals surface area contributed by atoms with Gasteiger partial charge in [-0.25, -0.2) is 4.98 Å². The van der Waals surface area contributed by atoms with Gasteiger partial charge in [0.2, 0.25) is 11.8 Å². The highest BCUT2D eigenvalue weighted by Gasteiger charge is 2.17. The van der Waals surface area contributed by atoms with Gasteiger partial charge >= 0.3 is 0 Å². The second kappa shape index (κ2) is 10.8. The minimum atomic E-state index is -0.623. The summed E-state index contributed by atoms with van der Waals surface area (Å²) in [6, 6.07) is 14.7. The van der Waals surface area contributed by atoms with Crippen molar-refractivity contribution in [2.75, 3.05) is 11.9 Å². The van der Waals surface area contributed by atoms with Gasteiger partial charge in [-0.1, -0.05) is 26.0 Å². The molecule has 0 spiro atoms. The van der Waals surface area contributed by atoms with Gasteiger partial charge in [-0.05, 0) is 42.3 Å². The van der Waals surface area contributed by atoms with E-state index in [1.807, 2.05) is 66.9 Å². The molecule has 9 heteroatoms. The van der Waals surface area contributed by atoms with Gasteiger partial charge in [0.1, 0.15) is 6.33 Å². The summed E-state index contributed by atoms with van der Waals surface area (Å²) < 4.78 is 1.98. The normalized spacial score (nSPS) is 11.3. The number of aromatic nitrogens is 2. The summed E-state index contributed by atoms with van der Waals surface area (Å²) in [5.74, 6) is -0.623. The van der Waals surface area contributed by atoms with Crippen LogP contribution in [-0.4, -0.2) is 34.0 Å². The topological polar surface area (TPSA) is 102 Å². The molecule has 4 N–H and O–H groups in total. The maximum Gasteiger partial charge on any atom is 0.243 e. The number of para-hydroxylation sites is 2. The first-order valence-electron chi connectivity index (χ1n) is 8.81. The van der Waals surface area contributed by atoms with Crippen molar-refractivity contribution in [3.63, 3.8) is 0 Å². The molecule has 0 aliphatic heterocycles. The molecule has 29 heavy (non-hydrogen) atoms. The average molecular weight is 438 g/mol. The molecule has 3 rings (SSSR count). The first-order chi connectivity index (χ1) is 13.0. The zero-order valence-corrected chi connectivity index (χ0v) is 17.8. The highest BCUT2D eigenvalue weighted by atomic mass is 35.5. The number of nitrogens with zero attached hydrogens (tertiary/aromatic N) is 2. The molecule has 0 saturated carbocycles. The first-order valence-corrected chi connectivity index (χ1v) is 8.81. The number of nitrogens with two attached hydrogens (primary N) is 1. The van der Waals surface area contributed by atoms with Crippen LogP contribution in [0.5, 0.6) is 0 Å². The van der Waals surface area contributed by atoms with Gasteiger partial charge in [0.25, 0.3) is 0 Å². The maximum atomic E-state index is 12.0. The van der Waals surface area contributed by atoms with E-state index in [0.717, 1.165) is 16.7 Å². The molecule has 0 aliphatic carbocycles. The highest BCUT2D eigenvalue weighted by Crippen LogP contribution is 2.19. The van der Waals surface area contributed by atoms with E-state index < -0.39 is 6.04 Å². The van der Waals surface area contributed by atoms with Crippen molar-refractivity contribution in [2.45, 2.75) is 19.9 Å². The molecular formula is C20H25Cl2N5O2. The number of amides is 2. The Morgan fingerprint density at radius 2 is 1.72 bits per heavy atom. The zero-order chi connectivity index (χ0) is 19.4. The fourth-order valence-corrected chi connectivity index (χ4v) is 2.66. The summed E-state index contributed by atoms with van der Waals surface area (Å²) in [7, 11) is 0. The van der Waals surface area contributed by atoms with Crippen molar-refractivity contribution in [2.24, 2.45) is 11.7 Å². The number of hydrogen-bond acceptors (Lipinski definition) is 4. The minimum Gasteiger partial charge on any atom is -0.346 e. The van der Waals surface area contributed by atoms with Crippen LogP contribution in [0.3, 0.4) is 0 Å². The molecule has 0 aliphatic rings. The molecule has 1 atom stereocenters. The van der Waals surface area contributed by atoms with Gasteiger partial charge in [-0.15, -0.1) is 24.8 Å². The van der Waals surface area contributed by atoms with Gasteiger partial charge in [0.15, 0.2) is 0 Å². The number of hydrogen-bond donors (Lipinski definition) is 3. The van der Waals surface area contributed by atoms with Crippen molar-refractivity contribution >= 4 is 53.3 Å². The highest BCUT2D eigenvalue weighted by molar-refractivity contribution is 5.95. The number of fused-ring (bicyclic) bond motifs is 1. The summed E-state index contributed by atoms with van der Waals surface area (Å²) in [6.45, 7) is 3.60. The maximum absolute atomic E-state index is 12.0. The van der Waals surface area contributed by atoms with Gasteiger partial charge in [-0.2, -0.15) is 0 Å². The number of benzene rings is 2. The quantitative estimate of drug-likeness (QED) is 0.551. The number of imidazole rings is 1. The predicted molar refractivity (Wildman–Crippen MR) is 120 cm³/mol. The molecule has 2 aromatic carbocycles. The van der Waals surface area contributed by atoms with Crippen LogP contribution in [0, 0.1) is 5.92 Å². The van der Waals surface area contributed by atoms with Crippen LogP contribution in [0.25, 0.3) is 16.7 Å². The molecule has 0 saturated heterocycles. The smallest absolute Gasteiger partial charge is 0.243 e. The summed E-state index contributed by atoms with van der Waals surface area (Å²) in [6.07, 6.45) is 1.77. The van der Waals surface area contributed by atoms with Crippen LogP contribution in [0.15, 0.2) is 54.9 Å². The van der Waals surface area contributed by atoms with Gasteiger partial charge in [0.05, 0.1) is 23.6 Å². The summed E-state index contributed by atoms with van der Waals surface area (Å²) >= 11 is 0. The molecular weight excluding hydrogens is 413 g/mol.